The fourth-order valence-corrected chi connectivity index (χ4v) is 2.29. The largest absolute Gasteiger partial charge is 0.491 e. The summed E-state index contributed by atoms with van der Waals surface area (Å²) in [6.07, 6.45) is 5.43. The van der Waals surface area contributed by atoms with E-state index in [4.69, 9.17) is 4.74 Å². The van der Waals surface area contributed by atoms with Gasteiger partial charge in [-0.15, -0.1) is 24.8 Å². The third-order valence-corrected chi connectivity index (χ3v) is 3.30. The van der Waals surface area contributed by atoms with Gasteiger partial charge in [-0.25, -0.2) is 0 Å². The van der Waals surface area contributed by atoms with Gasteiger partial charge in [-0.3, -0.25) is 9.67 Å². The second-order valence-corrected chi connectivity index (χ2v) is 4.50. The number of aromatic nitrogens is 3. The first-order valence-electron chi connectivity index (χ1n) is 6.09. The van der Waals surface area contributed by atoms with E-state index >= 15 is 0 Å². The van der Waals surface area contributed by atoms with Crippen molar-refractivity contribution in [3.8, 4) is 5.75 Å². The highest BCUT2D eigenvalue weighted by Gasteiger charge is 2.23. The molecule has 0 radical (unpaired) electrons. The van der Waals surface area contributed by atoms with Crippen LogP contribution in [0.2, 0.25) is 0 Å². The highest BCUT2D eigenvalue weighted by Crippen LogP contribution is 2.24. The molecule has 0 aliphatic carbocycles. The molecule has 2 aromatic heterocycles. The standard InChI is InChI=1S/C13H16N4O.2ClH/c1-17-13-8-15-5-10(12(13)7-16-17)9-18-11-3-2-4-14-6-11;;/h2-4,6-7,10,15H,5,8-9H2,1H3;2*1H. The Kier molecular flexibility index (Phi) is 6.26. The average Bonchev–Trinajstić information content (AvgIpc) is 2.80. The number of nitrogens with one attached hydrogen (secondary N) is 1. The quantitative estimate of drug-likeness (QED) is 0.940. The maximum absolute atomic E-state index is 5.77. The summed E-state index contributed by atoms with van der Waals surface area (Å²) in [4.78, 5) is 4.04. The van der Waals surface area contributed by atoms with Gasteiger partial charge in [0.15, 0.2) is 0 Å². The molecule has 3 rings (SSSR count). The molecule has 1 aliphatic heterocycles. The number of ether oxygens (including phenoxy) is 1. The number of pyridine rings is 1. The summed E-state index contributed by atoms with van der Waals surface area (Å²) in [5.41, 5.74) is 2.54. The topological polar surface area (TPSA) is 52.0 Å². The number of fused-ring (bicyclic) bond motifs is 1. The van der Waals surface area contributed by atoms with E-state index in [1.165, 1.54) is 11.3 Å². The van der Waals surface area contributed by atoms with Crippen molar-refractivity contribution in [3.63, 3.8) is 0 Å². The number of hydrogen-bond donors (Lipinski definition) is 1. The van der Waals surface area contributed by atoms with Crippen molar-refractivity contribution in [1.82, 2.24) is 20.1 Å². The van der Waals surface area contributed by atoms with Crippen LogP contribution in [0.1, 0.15) is 17.2 Å². The van der Waals surface area contributed by atoms with Crippen molar-refractivity contribution in [2.75, 3.05) is 13.2 Å². The molecule has 20 heavy (non-hydrogen) atoms. The lowest BCUT2D eigenvalue weighted by Gasteiger charge is -2.23. The summed E-state index contributed by atoms with van der Waals surface area (Å²) < 4.78 is 7.70. The molecule has 110 valence electrons. The predicted octanol–water partition coefficient (Wildman–Crippen LogP) is 1.92. The molecule has 5 nitrogen and oxygen atoms in total. The fraction of sp³-hybridized carbons (Fsp3) is 0.385. The summed E-state index contributed by atoms with van der Waals surface area (Å²) in [5, 5.41) is 7.71. The van der Waals surface area contributed by atoms with E-state index in [9.17, 15) is 0 Å². The molecule has 1 N–H and O–H groups in total. The Morgan fingerprint density at radius 2 is 2.25 bits per heavy atom. The first kappa shape index (κ1) is 16.8. The Balaban J connectivity index is 0.000001000. The van der Waals surface area contributed by atoms with Gasteiger partial charge in [-0.1, -0.05) is 0 Å². The predicted molar refractivity (Wildman–Crippen MR) is 81.9 cm³/mol. The smallest absolute Gasteiger partial charge is 0.137 e. The molecular weight excluding hydrogens is 299 g/mol. The van der Waals surface area contributed by atoms with Gasteiger partial charge < -0.3 is 10.1 Å². The SMILES string of the molecule is Cl.Cl.Cn1ncc2c1CNCC2COc1cccnc1. The second kappa shape index (κ2) is 7.47. The van der Waals surface area contributed by atoms with Gasteiger partial charge in [0, 0.05) is 37.8 Å². The Labute approximate surface area is 130 Å². The number of halogens is 2. The van der Waals surface area contributed by atoms with E-state index < -0.39 is 0 Å². The highest BCUT2D eigenvalue weighted by molar-refractivity contribution is 5.85. The van der Waals surface area contributed by atoms with Crippen LogP contribution in [0.25, 0.3) is 0 Å². The lowest BCUT2D eigenvalue weighted by Crippen LogP contribution is -2.31. The first-order valence-corrected chi connectivity index (χ1v) is 6.09. The molecule has 0 fully saturated rings. The number of aryl methyl sites for hydroxylation is 1. The molecule has 0 bridgehead atoms. The van der Waals surface area contributed by atoms with Crippen molar-refractivity contribution in [2.45, 2.75) is 12.5 Å². The minimum Gasteiger partial charge on any atom is -0.491 e. The minimum absolute atomic E-state index is 0. The molecule has 7 heteroatoms. The van der Waals surface area contributed by atoms with E-state index in [1.54, 1.807) is 12.4 Å². The van der Waals surface area contributed by atoms with Gasteiger partial charge in [-0.2, -0.15) is 5.10 Å². The molecule has 1 aliphatic rings. The van der Waals surface area contributed by atoms with Crippen molar-refractivity contribution in [2.24, 2.45) is 7.05 Å². The van der Waals surface area contributed by atoms with E-state index in [1.807, 2.05) is 30.1 Å². The summed E-state index contributed by atoms with van der Waals surface area (Å²) in [7, 11) is 1.98. The normalized spacial score (nSPS) is 16.6. The molecule has 2 aromatic rings. The average molecular weight is 317 g/mol. The van der Waals surface area contributed by atoms with Crippen LogP contribution in [0, 0.1) is 0 Å². The lowest BCUT2D eigenvalue weighted by molar-refractivity contribution is 0.276. The van der Waals surface area contributed by atoms with Crippen molar-refractivity contribution < 1.29 is 4.74 Å². The maximum Gasteiger partial charge on any atom is 0.137 e. The summed E-state index contributed by atoms with van der Waals surface area (Å²) in [5.74, 6) is 1.16. The van der Waals surface area contributed by atoms with Crippen LogP contribution in [-0.2, 0) is 13.6 Å². The highest BCUT2D eigenvalue weighted by atomic mass is 35.5. The zero-order valence-electron chi connectivity index (χ0n) is 11.2. The van der Waals surface area contributed by atoms with Crippen LogP contribution in [-0.4, -0.2) is 27.9 Å². The van der Waals surface area contributed by atoms with Gasteiger partial charge in [0.1, 0.15) is 5.75 Å². The lowest BCUT2D eigenvalue weighted by atomic mass is 9.97. The molecule has 1 unspecified atom stereocenters. The van der Waals surface area contributed by atoms with Gasteiger partial charge in [0.25, 0.3) is 0 Å². The van der Waals surface area contributed by atoms with Crippen LogP contribution >= 0.6 is 24.8 Å². The monoisotopic (exact) mass is 316 g/mol. The van der Waals surface area contributed by atoms with E-state index in [0.29, 0.717) is 12.5 Å². The molecule has 1 atom stereocenters. The molecule has 0 aromatic carbocycles. The fourth-order valence-electron chi connectivity index (χ4n) is 2.29. The summed E-state index contributed by atoms with van der Waals surface area (Å²) >= 11 is 0. The zero-order chi connectivity index (χ0) is 12.4. The van der Waals surface area contributed by atoms with Crippen LogP contribution in [0.4, 0.5) is 0 Å². The molecule has 0 saturated heterocycles. The Morgan fingerprint density at radius 1 is 1.40 bits per heavy atom. The minimum atomic E-state index is 0. The van der Waals surface area contributed by atoms with Crippen molar-refractivity contribution in [1.29, 1.82) is 0 Å². The molecule has 3 heterocycles. The molecule has 0 amide bonds. The molecular formula is C13H18Cl2N4O. The van der Waals surface area contributed by atoms with Gasteiger partial charge in [-0.05, 0) is 12.1 Å². The van der Waals surface area contributed by atoms with Crippen molar-refractivity contribution in [3.05, 3.63) is 42.0 Å². The van der Waals surface area contributed by atoms with Crippen LogP contribution in [0.15, 0.2) is 30.7 Å². The molecule has 0 saturated carbocycles. The van der Waals surface area contributed by atoms with Gasteiger partial charge >= 0.3 is 0 Å². The van der Waals surface area contributed by atoms with Crippen LogP contribution < -0.4 is 10.1 Å². The molecule has 0 spiro atoms. The first-order chi connectivity index (χ1) is 8.84. The van der Waals surface area contributed by atoms with Gasteiger partial charge in [0.2, 0.25) is 0 Å². The second-order valence-electron chi connectivity index (χ2n) is 4.50. The van der Waals surface area contributed by atoms with E-state index in [0.717, 1.165) is 18.8 Å². The van der Waals surface area contributed by atoms with Crippen LogP contribution in [0.3, 0.4) is 0 Å². The number of hydrogen-bond acceptors (Lipinski definition) is 4. The van der Waals surface area contributed by atoms with E-state index in [2.05, 4.69) is 15.4 Å². The van der Waals surface area contributed by atoms with E-state index in [-0.39, 0.29) is 24.8 Å². The Hall–Kier alpha value is -1.30. The van der Waals surface area contributed by atoms with Gasteiger partial charge in [0.05, 0.1) is 24.7 Å². The third-order valence-electron chi connectivity index (χ3n) is 3.30. The summed E-state index contributed by atoms with van der Waals surface area (Å²) in [6, 6.07) is 3.80. The third kappa shape index (κ3) is 3.42. The number of rotatable bonds is 3. The Bertz CT molecular complexity index is 532. The zero-order valence-corrected chi connectivity index (χ0v) is 12.8. The number of nitrogens with zero attached hydrogens (tertiary/aromatic N) is 3. The van der Waals surface area contributed by atoms with Crippen LogP contribution in [0.5, 0.6) is 5.75 Å². The maximum atomic E-state index is 5.77. The summed E-state index contributed by atoms with van der Waals surface area (Å²) in [6.45, 7) is 2.46. The Morgan fingerprint density at radius 3 is 3.00 bits per heavy atom. The van der Waals surface area contributed by atoms with Crippen molar-refractivity contribution >= 4 is 24.8 Å².